The third-order valence-electron chi connectivity index (χ3n) is 7.12. The van der Waals surface area contributed by atoms with Crippen LogP contribution in [-0.2, 0) is 21.4 Å². The van der Waals surface area contributed by atoms with Gasteiger partial charge in [0.1, 0.15) is 6.26 Å². The first-order valence-electron chi connectivity index (χ1n) is 12.6. The molecule has 0 aliphatic heterocycles. The lowest BCUT2D eigenvalue weighted by atomic mass is 9.96. The second-order valence-corrected chi connectivity index (χ2v) is 11.4. The van der Waals surface area contributed by atoms with Gasteiger partial charge >= 0.3 is 0 Å². The molecule has 2 aromatic carbocycles. The molecule has 0 bridgehead atoms. The van der Waals surface area contributed by atoms with Gasteiger partial charge in [-0.25, -0.2) is 18.1 Å². The molecule has 2 aromatic heterocycles. The Morgan fingerprint density at radius 2 is 1.87 bits per heavy atom. The number of hydrogen-bond acceptors (Lipinski definition) is 7. The highest BCUT2D eigenvalue weighted by molar-refractivity contribution is 7.92. The zero-order valence-corrected chi connectivity index (χ0v) is 22.4. The Morgan fingerprint density at radius 3 is 2.55 bits per heavy atom. The fraction of sp³-hybridized carbons (Fsp3) is 0.321. The lowest BCUT2D eigenvalue weighted by Gasteiger charge is -2.23. The van der Waals surface area contributed by atoms with E-state index in [1.165, 1.54) is 6.26 Å². The average Bonchev–Trinajstić information content (AvgIpc) is 3.69. The number of carbonyl (C=O) groups is 1. The summed E-state index contributed by atoms with van der Waals surface area (Å²) in [4.78, 5) is 19.2. The van der Waals surface area contributed by atoms with E-state index in [0.717, 1.165) is 36.8 Å². The summed E-state index contributed by atoms with van der Waals surface area (Å²) in [5.74, 6) is 0.664. The molecule has 1 N–H and O–H groups in total. The predicted molar refractivity (Wildman–Crippen MR) is 143 cm³/mol. The first-order valence-corrected chi connectivity index (χ1v) is 14.1. The lowest BCUT2D eigenvalue weighted by molar-refractivity contribution is -0.134. The summed E-state index contributed by atoms with van der Waals surface area (Å²) in [6.07, 6.45) is 7.01. The smallest absolute Gasteiger partial charge is 0.264 e. The summed E-state index contributed by atoms with van der Waals surface area (Å²) in [7, 11) is -2.23. The summed E-state index contributed by atoms with van der Waals surface area (Å²) in [6, 6.07) is 12.4. The third kappa shape index (κ3) is 5.08. The lowest BCUT2D eigenvalue weighted by Crippen LogP contribution is -2.31. The van der Waals surface area contributed by atoms with E-state index in [-0.39, 0.29) is 22.6 Å². The van der Waals surface area contributed by atoms with Crippen LogP contribution < -0.4 is 4.72 Å². The summed E-state index contributed by atoms with van der Waals surface area (Å²) in [6.45, 7) is 3.80. The Labute approximate surface area is 221 Å². The maximum absolute atomic E-state index is 13.5. The number of sulfonamides is 1. The Balaban J connectivity index is 1.56. The van der Waals surface area contributed by atoms with Crippen molar-refractivity contribution in [3.63, 3.8) is 0 Å². The van der Waals surface area contributed by atoms with Crippen LogP contribution in [-0.4, -0.2) is 36.4 Å². The van der Waals surface area contributed by atoms with Crippen LogP contribution >= 0.6 is 0 Å². The van der Waals surface area contributed by atoms with Crippen LogP contribution in [0.15, 0.2) is 68.8 Å². The van der Waals surface area contributed by atoms with Crippen LogP contribution in [0.4, 0.5) is 5.88 Å². The minimum Gasteiger partial charge on any atom is -0.445 e. The van der Waals surface area contributed by atoms with E-state index >= 15 is 0 Å². The molecule has 1 aliphatic rings. The number of benzene rings is 2. The van der Waals surface area contributed by atoms with Crippen molar-refractivity contribution in [2.24, 2.45) is 5.92 Å². The molecule has 1 saturated carbocycles. The number of oxazole rings is 1. The normalized spacial score (nSPS) is 14.1. The predicted octanol–water partition coefficient (Wildman–Crippen LogP) is 5.56. The van der Waals surface area contributed by atoms with Crippen LogP contribution in [0.2, 0.25) is 0 Å². The summed E-state index contributed by atoms with van der Waals surface area (Å²) < 4.78 is 40.3. The molecule has 9 nitrogen and oxygen atoms in total. The van der Waals surface area contributed by atoms with Gasteiger partial charge in [0, 0.05) is 36.2 Å². The Morgan fingerprint density at radius 1 is 1.11 bits per heavy atom. The molecule has 0 unspecified atom stereocenters. The van der Waals surface area contributed by atoms with Crippen molar-refractivity contribution in [1.82, 2.24) is 15.0 Å². The van der Waals surface area contributed by atoms with E-state index < -0.39 is 10.0 Å². The monoisotopic (exact) mass is 534 g/mol. The number of nitrogens with zero attached hydrogens (tertiary/aromatic N) is 3. The number of carbonyl (C=O) groups excluding carboxylic acids is 1. The topological polar surface area (TPSA) is 119 Å². The van der Waals surface area contributed by atoms with Crippen LogP contribution in [0.25, 0.3) is 22.6 Å². The molecule has 198 valence electrons. The van der Waals surface area contributed by atoms with Crippen molar-refractivity contribution in [1.29, 1.82) is 0 Å². The van der Waals surface area contributed by atoms with Crippen molar-refractivity contribution >= 4 is 21.8 Å². The van der Waals surface area contributed by atoms with Crippen LogP contribution in [0, 0.1) is 19.8 Å². The number of anilines is 1. The first kappa shape index (κ1) is 25.7. The Hall–Kier alpha value is -3.92. The van der Waals surface area contributed by atoms with Gasteiger partial charge in [0.2, 0.25) is 17.7 Å². The molecular weight excluding hydrogens is 504 g/mol. The molecular formula is C28H30N4O5S. The maximum atomic E-state index is 13.5. The van der Waals surface area contributed by atoms with Gasteiger partial charge in [0.05, 0.1) is 16.8 Å². The van der Waals surface area contributed by atoms with Crippen molar-refractivity contribution < 1.29 is 22.2 Å². The number of rotatable bonds is 8. The van der Waals surface area contributed by atoms with Crippen molar-refractivity contribution in [3.05, 3.63) is 71.7 Å². The molecule has 10 heteroatoms. The second kappa shape index (κ2) is 10.4. The fourth-order valence-electron chi connectivity index (χ4n) is 4.92. The molecule has 0 atom stereocenters. The average molecular weight is 535 g/mol. The Bertz CT molecular complexity index is 1550. The van der Waals surface area contributed by atoms with E-state index in [9.17, 15) is 13.2 Å². The number of amides is 1. The highest BCUT2D eigenvalue weighted by Crippen LogP contribution is 2.35. The minimum absolute atomic E-state index is 0.0313. The van der Waals surface area contributed by atoms with Crippen molar-refractivity contribution in [2.75, 3.05) is 11.8 Å². The minimum atomic E-state index is -4.02. The van der Waals surface area contributed by atoms with Gasteiger partial charge in [0.25, 0.3) is 10.0 Å². The number of aromatic nitrogens is 2. The van der Waals surface area contributed by atoms with Gasteiger partial charge in [-0.1, -0.05) is 42.3 Å². The summed E-state index contributed by atoms with van der Waals surface area (Å²) >= 11 is 0. The van der Waals surface area contributed by atoms with E-state index in [1.54, 1.807) is 56.3 Å². The first-order chi connectivity index (χ1) is 18.2. The van der Waals surface area contributed by atoms with E-state index in [1.807, 2.05) is 18.2 Å². The van der Waals surface area contributed by atoms with Crippen molar-refractivity contribution in [3.8, 4) is 22.6 Å². The van der Waals surface area contributed by atoms with E-state index in [0.29, 0.717) is 34.8 Å². The van der Waals surface area contributed by atoms with Gasteiger partial charge in [-0.3, -0.25) is 4.79 Å². The van der Waals surface area contributed by atoms with Crippen molar-refractivity contribution in [2.45, 2.75) is 51.0 Å². The summed E-state index contributed by atoms with van der Waals surface area (Å²) in [5, 5.41) is 3.85. The highest BCUT2D eigenvalue weighted by atomic mass is 32.2. The van der Waals surface area contributed by atoms with Gasteiger partial charge < -0.3 is 13.8 Å². The standard InChI is InChI=1S/C28H30N4O5S/c1-18-19(2)30-37-26(18)31-38(34,35)25-11-7-6-10-24(25)23-13-12-21(27-29-14-15-36-27)16-22(23)17-32(3)28(33)20-8-4-5-9-20/h6-7,10-16,20,31H,4-5,8-9,17H2,1-3H3. The Kier molecular flexibility index (Phi) is 7.07. The van der Waals surface area contributed by atoms with E-state index in [2.05, 4.69) is 14.9 Å². The third-order valence-corrected chi connectivity index (χ3v) is 8.51. The quantitative estimate of drug-likeness (QED) is 0.314. The van der Waals surface area contributed by atoms with E-state index in [4.69, 9.17) is 8.94 Å². The molecule has 0 spiro atoms. The highest BCUT2D eigenvalue weighted by Gasteiger charge is 2.27. The SMILES string of the molecule is Cc1noc(NS(=O)(=O)c2ccccc2-c2ccc(-c3ncco3)cc2CN(C)C(=O)C2CCCC2)c1C. The molecule has 5 rings (SSSR count). The number of hydrogen-bond donors (Lipinski definition) is 1. The molecule has 0 radical (unpaired) electrons. The molecule has 1 fully saturated rings. The number of aryl methyl sites for hydroxylation is 1. The van der Waals surface area contributed by atoms with Crippen LogP contribution in [0.5, 0.6) is 0 Å². The van der Waals surface area contributed by atoms with Gasteiger partial charge in [0.15, 0.2) is 0 Å². The second-order valence-electron chi connectivity index (χ2n) is 9.71. The fourth-order valence-corrected chi connectivity index (χ4v) is 6.18. The molecule has 2 heterocycles. The van der Waals surface area contributed by atoms with Crippen LogP contribution in [0.3, 0.4) is 0 Å². The molecule has 4 aromatic rings. The van der Waals surface area contributed by atoms with Crippen LogP contribution in [0.1, 0.15) is 42.5 Å². The van der Waals surface area contributed by atoms with Gasteiger partial charge in [-0.05, 0) is 56.0 Å². The molecule has 1 aliphatic carbocycles. The zero-order valence-electron chi connectivity index (χ0n) is 21.6. The number of nitrogens with one attached hydrogen (secondary N) is 1. The summed E-state index contributed by atoms with van der Waals surface area (Å²) in [5.41, 5.74) is 3.94. The molecule has 0 saturated heterocycles. The molecule has 38 heavy (non-hydrogen) atoms. The zero-order chi connectivity index (χ0) is 26.9. The maximum Gasteiger partial charge on any atom is 0.264 e. The van der Waals surface area contributed by atoms with Gasteiger partial charge in [-0.15, -0.1) is 0 Å². The van der Waals surface area contributed by atoms with Gasteiger partial charge in [-0.2, -0.15) is 0 Å². The molecule has 1 amide bonds. The largest absolute Gasteiger partial charge is 0.445 e.